The molecule has 3 saturated carbocycles. The lowest BCUT2D eigenvalue weighted by Crippen LogP contribution is -2.51. The Balaban J connectivity index is 1.35. The number of amides is 1. The number of anilines is 1. The van der Waals surface area contributed by atoms with E-state index in [1.165, 1.54) is 6.07 Å². The fourth-order valence-electron chi connectivity index (χ4n) is 6.29. The van der Waals surface area contributed by atoms with Crippen LogP contribution >= 0.6 is 0 Å². The molecule has 0 radical (unpaired) electrons. The van der Waals surface area contributed by atoms with Gasteiger partial charge in [-0.15, -0.1) is 0 Å². The van der Waals surface area contributed by atoms with Gasteiger partial charge in [0.05, 0.1) is 18.8 Å². The molecule has 6 rings (SSSR count). The van der Waals surface area contributed by atoms with Gasteiger partial charge in [-0.1, -0.05) is 12.1 Å². The van der Waals surface area contributed by atoms with Crippen LogP contribution < -0.4 is 9.64 Å². The summed E-state index contributed by atoms with van der Waals surface area (Å²) in [5, 5.41) is 0. The van der Waals surface area contributed by atoms with Crippen molar-refractivity contribution >= 4 is 11.6 Å². The maximum atomic E-state index is 13.4. The summed E-state index contributed by atoms with van der Waals surface area (Å²) in [6.45, 7) is 2.28. The topological polar surface area (TPSA) is 68.2 Å². The molecule has 0 aliphatic heterocycles. The first-order valence-corrected chi connectivity index (χ1v) is 14.1. The largest absolute Gasteiger partial charge is 0.464 e. The van der Waals surface area contributed by atoms with Gasteiger partial charge >= 0.3 is 12.2 Å². The minimum atomic E-state index is -4.41. The average Bonchev–Trinajstić information content (AvgIpc) is 3.00. The smallest absolute Gasteiger partial charge is 0.417 e. The van der Waals surface area contributed by atoms with Crippen molar-refractivity contribution in [1.29, 1.82) is 0 Å². The number of ether oxygens (including phenoxy) is 1. The van der Waals surface area contributed by atoms with Crippen LogP contribution in [-0.2, 0) is 16.4 Å². The van der Waals surface area contributed by atoms with E-state index in [4.69, 9.17) is 4.74 Å². The fraction of sp³-hybridized carbons (Fsp3) is 0.484. The zero-order valence-corrected chi connectivity index (χ0v) is 23.1. The maximum absolute atomic E-state index is 13.4. The minimum Gasteiger partial charge on any atom is -0.464 e. The van der Waals surface area contributed by atoms with Gasteiger partial charge in [0, 0.05) is 53.9 Å². The van der Waals surface area contributed by atoms with Crippen LogP contribution in [0, 0.1) is 5.41 Å². The molecule has 1 aromatic carbocycles. The maximum Gasteiger partial charge on any atom is 0.417 e. The van der Waals surface area contributed by atoms with E-state index in [1.54, 1.807) is 17.3 Å². The molecule has 6 nitrogen and oxygen atoms in total. The molecule has 3 fully saturated rings. The van der Waals surface area contributed by atoms with Crippen LogP contribution in [0.2, 0.25) is 0 Å². The summed E-state index contributed by atoms with van der Waals surface area (Å²) >= 11 is 0. The van der Waals surface area contributed by atoms with Crippen LogP contribution in [0.3, 0.4) is 0 Å². The summed E-state index contributed by atoms with van der Waals surface area (Å²) in [7, 11) is 0. The van der Waals surface area contributed by atoms with Gasteiger partial charge in [-0.3, -0.25) is 14.2 Å². The molecule has 0 N–H and O–H groups in total. The third-order valence-corrected chi connectivity index (χ3v) is 8.75. The lowest BCUT2D eigenvalue weighted by atomic mass is 9.52. The summed E-state index contributed by atoms with van der Waals surface area (Å²) in [6.07, 6.45) is 5.12. The van der Waals surface area contributed by atoms with Gasteiger partial charge in [0.25, 0.3) is 0 Å². The number of benzene rings is 1. The van der Waals surface area contributed by atoms with Crippen molar-refractivity contribution in [2.45, 2.75) is 69.9 Å². The van der Waals surface area contributed by atoms with E-state index in [0.717, 1.165) is 73.3 Å². The lowest BCUT2D eigenvalue weighted by Gasteiger charge is -2.54. The van der Waals surface area contributed by atoms with Gasteiger partial charge in [-0.05, 0) is 87.1 Å². The number of hydrogen-bond donors (Lipinski definition) is 0. The summed E-state index contributed by atoms with van der Waals surface area (Å²) in [5.41, 5.74) is 2.01. The van der Waals surface area contributed by atoms with Gasteiger partial charge < -0.3 is 9.64 Å². The van der Waals surface area contributed by atoms with E-state index in [1.807, 2.05) is 31.2 Å². The first kappa shape index (κ1) is 29.0. The summed E-state index contributed by atoms with van der Waals surface area (Å²) in [6, 6.07) is 10.6. The van der Waals surface area contributed by atoms with Crippen molar-refractivity contribution in [1.82, 2.24) is 15.0 Å². The molecule has 2 heterocycles. The van der Waals surface area contributed by atoms with Gasteiger partial charge in [0.2, 0.25) is 5.91 Å². The monoisotopic (exact) mass is 570 g/mol. The van der Waals surface area contributed by atoms with Gasteiger partial charge in [-0.2, -0.15) is 13.2 Å². The van der Waals surface area contributed by atoms with Crippen LogP contribution in [0.1, 0.15) is 69.5 Å². The van der Waals surface area contributed by atoms with Crippen LogP contribution in [0.25, 0.3) is 11.1 Å². The second-order valence-electron chi connectivity index (χ2n) is 11.2. The van der Waals surface area contributed by atoms with E-state index >= 15 is 0 Å². The van der Waals surface area contributed by atoms with Crippen molar-refractivity contribution in [3.8, 4) is 17.1 Å². The summed E-state index contributed by atoms with van der Waals surface area (Å²) in [5.74, 6) is -0.121. The van der Waals surface area contributed by atoms with Crippen molar-refractivity contribution in [2.24, 2.45) is 5.41 Å². The van der Waals surface area contributed by atoms with E-state index in [-0.39, 0.29) is 29.6 Å². The van der Waals surface area contributed by atoms with Crippen molar-refractivity contribution in [2.75, 3.05) is 24.7 Å². The Kier molecular flexibility index (Phi) is 8.29. The third-order valence-electron chi connectivity index (χ3n) is 8.75. The SMILES string of the molecule is CCOc1ncc(-c2cccc(N(CC34CCC(c5ccc(C(F)(F)F)cn5)(CC3)CC4)C(=O)CCCF)c2)cn1. The zero-order chi connectivity index (χ0) is 29.1. The van der Waals surface area contributed by atoms with Crippen LogP contribution in [0.5, 0.6) is 6.01 Å². The van der Waals surface area contributed by atoms with Gasteiger partial charge in [-0.25, -0.2) is 9.97 Å². The first-order chi connectivity index (χ1) is 19.7. The number of carbonyl (C=O) groups excluding carboxylic acids is 1. The molecule has 3 aliphatic carbocycles. The van der Waals surface area contributed by atoms with Gasteiger partial charge in [0.15, 0.2) is 0 Å². The summed E-state index contributed by atoms with van der Waals surface area (Å²) in [4.78, 5) is 28.0. The van der Waals surface area contributed by atoms with Crippen molar-refractivity contribution in [3.63, 3.8) is 0 Å². The molecule has 0 atom stereocenters. The van der Waals surface area contributed by atoms with Crippen molar-refractivity contribution < 1.29 is 27.1 Å². The second kappa shape index (κ2) is 11.7. The fourth-order valence-corrected chi connectivity index (χ4v) is 6.29. The molecule has 10 heteroatoms. The molecule has 41 heavy (non-hydrogen) atoms. The Hall–Kier alpha value is -3.56. The van der Waals surface area contributed by atoms with E-state index in [0.29, 0.717) is 19.2 Å². The molecular formula is C31H34F4N4O2. The average molecular weight is 571 g/mol. The second-order valence-corrected chi connectivity index (χ2v) is 11.2. The Morgan fingerprint density at radius 2 is 1.66 bits per heavy atom. The number of fused-ring (bicyclic) bond motifs is 3. The van der Waals surface area contributed by atoms with Crippen LogP contribution in [-0.4, -0.2) is 40.7 Å². The number of pyridine rings is 1. The van der Waals surface area contributed by atoms with Crippen molar-refractivity contribution in [3.05, 3.63) is 66.2 Å². The van der Waals surface area contributed by atoms with E-state index in [9.17, 15) is 22.4 Å². The van der Waals surface area contributed by atoms with E-state index in [2.05, 4.69) is 15.0 Å². The normalized spacial score (nSPS) is 22.0. The van der Waals surface area contributed by atoms with Crippen LogP contribution in [0.15, 0.2) is 55.0 Å². The van der Waals surface area contributed by atoms with Gasteiger partial charge in [0.1, 0.15) is 0 Å². The predicted octanol–water partition coefficient (Wildman–Crippen LogP) is 7.33. The molecule has 2 aromatic heterocycles. The molecule has 3 aromatic rings. The Bertz CT molecular complexity index is 1320. The highest BCUT2D eigenvalue weighted by Crippen LogP contribution is 2.58. The number of carbonyl (C=O) groups is 1. The predicted molar refractivity (Wildman–Crippen MR) is 147 cm³/mol. The zero-order valence-electron chi connectivity index (χ0n) is 23.1. The quantitative estimate of drug-likeness (QED) is 0.239. The number of nitrogens with zero attached hydrogens (tertiary/aromatic N) is 4. The first-order valence-electron chi connectivity index (χ1n) is 14.1. The number of aromatic nitrogens is 3. The number of halogens is 4. The number of alkyl halides is 4. The number of rotatable bonds is 10. The Morgan fingerprint density at radius 1 is 0.951 bits per heavy atom. The minimum absolute atomic E-state index is 0.113. The molecule has 1 amide bonds. The molecule has 0 spiro atoms. The molecule has 3 aliphatic rings. The highest BCUT2D eigenvalue weighted by atomic mass is 19.4. The molecular weight excluding hydrogens is 536 g/mol. The van der Waals surface area contributed by atoms with E-state index < -0.39 is 18.4 Å². The molecule has 218 valence electrons. The highest BCUT2D eigenvalue weighted by Gasteiger charge is 2.51. The summed E-state index contributed by atoms with van der Waals surface area (Å²) < 4.78 is 57.6. The van der Waals surface area contributed by atoms with Crippen LogP contribution in [0.4, 0.5) is 23.2 Å². The molecule has 2 bridgehead atoms. The Labute approximate surface area is 237 Å². The Morgan fingerprint density at radius 3 is 2.24 bits per heavy atom. The lowest BCUT2D eigenvalue weighted by molar-refractivity contribution is -0.137. The third kappa shape index (κ3) is 6.21. The highest BCUT2D eigenvalue weighted by molar-refractivity contribution is 5.94. The molecule has 0 saturated heterocycles. The standard InChI is InChI=1S/C31H34F4N4O2/c1-2-41-28-37-18-23(19-38-28)22-5-3-6-25(17-22)39(27(40)7-4-16-32)21-29-10-13-30(14-11-29,15-12-29)26-9-8-24(20-36-26)31(33,34)35/h3,5-6,8-9,17-20H,2,4,7,10-16,21H2,1H3. The molecule has 0 unspecified atom stereocenters. The number of hydrogen-bond acceptors (Lipinski definition) is 5.